The molecule has 0 amide bonds. The second-order valence-electron chi connectivity index (χ2n) is 5.92. The molecule has 1 unspecified atom stereocenters. The van der Waals surface area contributed by atoms with Gasteiger partial charge >= 0.3 is 5.97 Å². The molecule has 1 aliphatic rings. The van der Waals surface area contributed by atoms with Crippen molar-refractivity contribution in [1.29, 1.82) is 0 Å². The van der Waals surface area contributed by atoms with Crippen molar-refractivity contribution in [2.45, 2.75) is 30.2 Å². The quantitative estimate of drug-likeness (QED) is 0.550. The highest BCUT2D eigenvalue weighted by atomic mass is 35.5. The topological polar surface area (TPSA) is 74.6 Å². The number of ether oxygens (including phenoxy) is 1. The van der Waals surface area contributed by atoms with Crippen LogP contribution in [0.3, 0.4) is 0 Å². The molecule has 0 saturated carbocycles. The van der Waals surface area contributed by atoms with Gasteiger partial charge in [-0.3, -0.25) is 8.98 Å². The highest BCUT2D eigenvalue weighted by molar-refractivity contribution is 7.86. The minimum absolute atomic E-state index is 0.0698. The molecule has 1 aromatic heterocycles. The first-order chi connectivity index (χ1) is 12.3. The molecule has 1 aromatic carbocycles. The van der Waals surface area contributed by atoms with Crippen LogP contribution < -0.4 is 0 Å². The van der Waals surface area contributed by atoms with Gasteiger partial charge in [0.1, 0.15) is 5.92 Å². The number of methoxy groups -OCH3 is 1. The Morgan fingerprint density at radius 1 is 1.27 bits per heavy atom. The van der Waals surface area contributed by atoms with E-state index in [9.17, 15) is 13.2 Å². The predicted octanol–water partition coefficient (Wildman–Crippen LogP) is 3.38. The number of benzene rings is 1. The van der Waals surface area contributed by atoms with E-state index < -0.39 is 16.0 Å². The first kappa shape index (κ1) is 19.2. The maximum atomic E-state index is 12.0. The number of hydrogen-bond donors (Lipinski definition) is 0. The number of aromatic nitrogens is 1. The van der Waals surface area contributed by atoms with Gasteiger partial charge in [0.05, 0.1) is 34.9 Å². The fourth-order valence-corrected chi connectivity index (χ4v) is 4.60. The van der Waals surface area contributed by atoms with Crippen LogP contribution in [0.4, 0.5) is 0 Å². The maximum Gasteiger partial charge on any atom is 0.314 e. The van der Waals surface area contributed by atoms with E-state index >= 15 is 0 Å². The Morgan fingerprint density at radius 2 is 2.00 bits per heavy atom. The molecule has 9 heteroatoms. The zero-order chi connectivity index (χ0) is 19.1. The number of carbonyl (C=O) groups excluding carboxylic acids is 1. The van der Waals surface area contributed by atoms with Gasteiger partial charge in [0, 0.05) is 18.7 Å². The Labute approximate surface area is 161 Å². The molecule has 0 fully saturated rings. The molecule has 6 nitrogen and oxygen atoms in total. The van der Waals surface area contributed by atoms with E-state index in [2.05, 4.69) is 4.18 Å². The maximum absolute atomic E-state index is 12.0. The fraction of sp³-hybridized carbons (Fsp3) is 0.353. The van der Waals surface area contributed by atoms with Crippen molar-refractivity contribution in [3.63, 3.8) is 0 Å². The first-order valence-electron chi connectivity index (χ1n) is 7.83. The van der Waals surface area contributed by atoms with Crippen LogP contribution in [0, 0.1) is 0 Å². The Balaban J connectivity index is 2.00. The summed E-state index contributed by atoms with van der Waals surface area (Å²) in [7, 11) is -1.32. The van der Waals surface area contributed by atoms with E-state index in [0.29, 0.717) is 35.1 Å². The second-order valence-corrected chi connectivity index (χ2v) is 8.39. The van der Waals surface area contributed by atoms with Crippen LogP contribution in [0.15, 0.2) is 29.2 Å². The van der Waals surface area contributed by atoms with Gasteiger partial charge in [-0.25, -0.2) is 0 Å². The number of rotatable bonds is 5. The van der Waals surface area contributed by atoms with Crippen molar-refractivity contribution in [1.82, 2.24) is 4.57 Å². The van der Waals surface area contributed by atoms with E-state index in [0.717, 1.165) is 18.4 Å². The van der Waals surface area contributed by atoms with Crippen LogP contribution in [-0.2, 0) is 36.8 Å². The smallest absolute Gasteiger partial charge is 0.314 e. The van der Waals surface area contributed by atoms with Crippen LogP contribution in [-0.4, -0.2) is 33.2 Å². The summed E-state index contributed by atoms with van der Waals surface area (Å²) >= 11 is 12.8. The highest BCUT2D eigenvalue weighted by Gasteiger charge is 2.36. The first-order valence-corrected chi connectivity index (χ1v) is 10.00. The zero-order valence-corrected chi connectivity index (χ0v) is 16.5. The lowest BCUT2D eigenvalue weighted by Crippen LogP contribution is -2.11. The number of fused-ring (bicyclic) bond motifs is 1. The molecular formula is C17H17Cl2NO5S. The summed E-state index contributed by atoms with van der Waals surface area (Å²) in [6.07, 6.45) is 0.962. The molecule has 0 spiro atoms. The normalized spacial score (nSPS) is 16.5. The Hall–Kier alpha value is -1.54. The molecule has 0 aliphatic carbocycles. The van der Waals surface area contributed by atoms with Gasteiger partial charge in [0.15, 0.2) is 0 Å². The molecule has 1 atom stereocenters. The van der Waals surface area contributed by atoms with Gasteiger partial charge in [0.2, 0.25) is 0 Å². The van der Waals surface area contributed by atoms with Crippen LogP contribution in [0.1, 0.15) is 29.3 Å². The third kappa shape index (κ3) is 3.24. The average molecular weight is 418 g/mol. The van der Waals surface area contributed by atoms with Crippen molar-refractivity contribution in [2.75, 3.05) is 14.2 Å². The van der Waals surface area contributed by atoms with Gasteiger partial charge in [-0.1, -0.05) is 35.3 Å². The van der Waals surface area contributed by atoms with Crippen molar-refractivity contribution in [3.8, 4) is 0 Å². The molecule has 2 heterocycles. The minimum Gasteiger partial charge on any atom is -0.469 e. The fourth-order valence-electron chi connectivity index (χ4n) is 3.26. The van der Waals surface area contributed by atoms with E-state index in [-0.39, 0.29) is 10.9 Å². The van der Waals surface area contributed by atoms with Crippen molar-refractivity contribution in [2.24, 2.45) is 0 Å². The molecule has 1 aliphatic heterocycles. The molecule has 2 aromatic rings. The Morgan fingerprint density at radius 3 is 2.65 bits per heavy atom. The van der Waals surface area contributed by atoms with Gasteiger partial charge in [-0.05, 0) is 24.1 Å². The molecule has 0 saturated heterocycles. The standard InChI is InChI=1S/C17H17Cl2NO5S/c1-24-17(21)12-6-7-20-13(14(18)15(19)16(12)20)9-10-4-3-5-11(8-10)26(22,23)25-2/h3-5,8,12H,6-7,9H2,1-2H3. The number of halogens is 2. The van der Waals surface area contributed by atoms with E-state index in [1.807, 2.05) is 4.57 Å². The van der Waals surface area contributed by atoms with Crippen molar-refractivity contribution < 1.29 is 22.1 Å². The molecule has 140 valence electrons. The lowest BCUT2D eigenvalue weighted by molar-refractivity contribution is -0.142. The average Bonchev–Trinajstić information content (AvgIpc) is 3.17. The number of hydrogen-bond acceptors (Lipinski definition) is 5. The number of esters is 1. The molecule has 3 rings (SSSR count). The minimum atomic E-state index is -3.78. The molecule has 0 N–H and O–H groups in total. The van der Waals surface area contributed by atoms with E-state index in [4.69, 9.17) is 27.9 Å². The predicted molar refractivity (Wildman–Crippen MR) is 97.3 cm³/mol. The largest absolute Gasteiger partial charge is 0.469 e. The molecule has 0 radical (unpaired) electrons. The summed E-state index contributed by atoms with van der Waals surface area (Å²) in [6, 6.07) is 6.44. The summed E-state index contributed by atoms with van der Waals surface area (Å²) in [5, 5.41) is 0.713. The molecule has 26 heavy (non-hydrogen) atoms. The highest BCUT2D eigenvalue weighted by Crippen LogP contribution is 2.43. The van der Waals surface area contributed by atoms with Gasteiger partial charge in [-0.15, -0.1) is 0 Å². The summed E-state index contributed by atoms with van der Waals surface area (Å²) in [4.78, 5) is 12.0. The van der Waals surface area contributed by atoms with Crippen LogP contribution in [0.25, 0.3) is 0 Å². The lowest BCUT2D eigenvalue weighted by atomic mass is 10.1. The van der Waals surface area contributed by atoms with Gasteiger partial charge in [-0.2, -0.15) is 8.42 Å². The van der Waals surface area contributed by atoms with E-state index in [1.54, 1.807) is 12.1 Å². The third-order valence-electron chi connectivity index (χ3n) is 4.52. The number of carbonyl (C=O) groups is 1. The Bertz CT molecular complexity index is 968. The molecular weight excluding hydrogens is 401 g/mol. The van der Waals surface area contributed by atoms with Gasteiger partial charge in [0.25, 0.3) is 10.1 Å². The van der Waals surface area contributed by atoms with Crippen molar-refractivity contribution in [3.05, 3.63) is 51.3 Å². The molecule has 0 bridgehead atoms. The second kappa shape index (κ2) is 7.23. The summed E-state index contributed by atoms with van der Waals surface area (Å²) in [5.74, 6) is -0.793. The summed E-state index contributed by atoms with van der Waals surface area (Å²) in [6.45, 7) is 0.590. The third-order valence-corrected chi connectivity index (χ3v) is 6.68. The lowest BCUT2D eigenvalue weighted by Gasteiger charge is -2.09. The van der Waals surface area contributed by atoms with Crippen LogP contribution in [0.5, 0.6) is 0 Å². The number of nitrogens with zero attached hydrogens (tertiary/aromatic N) is 1. The van der Waals surface area contributed by atoms with Crippen LogP contribution in [0.2, 0.25) is 10.0 Å². The monoisotopic (exact) mass is 417 g/mol. The van der Waals surface area contributed by atoms with Crippen LogP contribution >= 0.6 is 23.2 Å². The Kier molecular flexibility index (Phi) is 5.35. The zero-order valence-electron chi connectivity index (χ0n) is 14.2. The summed E-state index contributed by atoms with van der Waals surface area (Å²) in [5.41, 5.74) is 2.13. The SMILES string of the molecule is COC(=O)C1CCn2c(Cc3cccc(S(=O)(=O)OC)c3)c(Cl)c(Cl)c21. The van der Waals surface area contributed by atoms with E-state index in [1.165, 1.54) is 19.2 Å². The van der Waals surface area contributed by atoms with Gasteiger partial charge < -0.3 is 9.30 Å². The summed E-state index contributed by atoms with van der Waals surface area (Å²) < 4.78 is 35.1. The van der Waals surface area contributed by atoms with Crippen molar-refractivity contribution >= 4 is 39.3 Å².